The van der Waals surface area contributed by atoms with Crippen LogP contribution in [0.25, 0.3) is 0 Å². The Morgan fingerprint density at radius 3 is 2.29 bits per heavy atom. The third-order valence-electron chi connectivity index (χ3n) is 3.05. The maximum atomic E-state index is 10.7. The number of carboxylic acid groups (broad SMARTS) is 2. The second kappa shape index (κ2) is 3.24. The summed E-state index contributed by atoms with van der Waals surface area (Å²) in [6, 6.07) is 0. The minimum atomic E-state index is -1.26. The molecule has 2 aliphatic rings. The minimum absolute atomic E-state index is 0.120. The first-order valence-corrected chi connectivity index (χ1v) is 4.70. The molecular formula is C9H12O5. The SMILES string of the molecule is O=C(O)C(C(=O)O)C1CCC2OC2C1. The smallest absolute Gasteiger partial charge is 0.318 e. The van der Waals surface area contributed by atoms with E-state index in [0.29, 0.717) is 12.8 Å². The van der Waals surface area contributed by atoms with Gasteiger partial charge in [-0.1, -0.05) is 0 Å². The lowest BCUT2D eigenvalue weighted by molar-refractivity contribution is -0.157. The van der Waals surface area contributed by atoms with Crippen LogP contribution in [0.4, 0.5) is 0 Å². The van der Waals surface area contributed by atoms with E-state index in [1.807, 2.05) is 0 Å². The lowest BCUT2D eigenvalue weighted by atomic mass is 9.80. The van der Waals surface area contributed by atoms with Gasteiger partial charge in [0.1, 0.15) is 0 Å². The number of hydrogen-bond donors (Lipinski definition) is 2. The maximum Gasteiger partial charge on any atom is 0.318 e. The molecule has 0 spiro atoms. The largest absolute Gasteiger partial charge is 0.481 e. The van der Waals surface area contributed by atoms with E-state index in [9.17, 15) is 9.59 Å². The monoisotopic (exact) mass is 200 g/mol. The molecule has 2 fully saturated rings. The number of ether oxygens (including phenoxy) is 1. The lowest BCUT2D eigenvalue weighted by Crippen LogP contribution is -2.33. The topological polar surface area (TPSA) is 87.1 Å². The summed E-state index contributed by atoms with van der Waals surface area (Å²) >= 11 is 0. The van der Waals surface area contributed by atoms with Crippen molar-refractivity contribution in [2.24, 2.45) is 11.8 Å². The molecule has 14 heavy (non-hydrogen) atoms. The van der Waals surface area contributed by atoms with Gasteiger partial charge in [0.2, 0.25) is 0 Å². The lowest BCUT2D eigenvalue weighted by Gasteiger charge is -2.22. The standard InChI is InChI=1S/C9H12O5/c10-8(11)7(9(12)13)4-1-2-5-6(3-4)14-5/h4-7H,1-3H2,(H,10,11)(H,12,13). The minimum Gasteiger partial charge on any atom is -0.481 e. The number of carbonyl (C=O) groups is 2. The molecule has 0 amide bonds. The molecule has 2 rings (SSSR count). The van der Waals surface area contributed by atoms with Crippen LogP contribution in [0.3, 0.4) is 0 Å². The molecular weight excluding hydrogens is 188 g/mol. The van der Waals surface area contributed by atoms with Crippen molar-refractivity contribution in [2.45, 2.75) is 31.5 Å². The van der Waals surface area contributed by atoms with Gasteiger partial charge in [-0.2, -0.15) is 0 Å². The van der Waals surface area contributed by atoms with Gasteiger partial charge in [0.05, 0.1) is 12.2 Å². The van der Waals surface area contributed by atoms with Gasteiger partial charge in [0.25, 0.3) is 0 Å². The molecule has 2 N–H and O–H groups in total. The van der Waals surface area contributed by atoms with Crippen molar-refractivity contribution in [3.63, 3.8) is 0 Å². The van der Waals surface area contributed by atoms with Crippen molar-refractivity contribution in [1.82, 2.24) is 0 Å². The van der Waals surface area contributed by atoms with Gasteiger partial charge in [-0.25, -0.2) is 0 Å². The summed E-state index contributed by atoms with van der Waals surface area (Å²) in [4.78, 5) is 21.5. The Morgan fingerprint density at radius 1 is 1.14 bits per heavy atom. The van der Waals surface area contributed by atoms with E-state index < -0.39 is 17.9 Å². The summed E-state index contributed by atoms with van der Waals surface area (Å²) in [7, 11) is 0. The van der Waals surface area contributed by atoms with Crippen molar-refractivity contribution in [1.29, 1.82) is 0 Å². The Morgan fingerprint density at radius 2 is 1.79 bits per heavy atom. The molecule has 0 radical (unpaired) electrons. The Labute approximate surface area is 80.7 Å². The molecule has 5 nitrogen and oxygen atoms in total. The highest BCUT2D eigenvalue weighted by Crippen LogP contribution is 2.42. The van der Waals surface area contributed by atoms with Gasteiger partial charge in [0.15, 0.2) is 5.92 Å². The zero-order valence-electron chi connectivity index (χ0n) is 7.55. The molecule has 1 heterocycles. The van der Waals surface area contributed by atoms with Gasteiger partial charge in [0, 0.05) is 0 Å². The van der Waals surface area contributed by atoms with Crippen LogP contribution in [-0.4, -0.2) is 34.4 Å². The molecule has 1 aliphatic heterocycles. The summed E-state index contributed by atoms with van der Waals surface area (Å²) < 4.78 is 5.23. The van der Waals surface area contributed by atoms with Crippen LogP contribution in [0.1, 0.15) is 19.3 Å². The number of epoxide rings is 1. The number of rotatable bonds is 3. The van der Waals surface area contributed by atoms with Crippen LogP contribution in [0.5, 0.6) is 0 Å². The van der Waals surface area contributed by atoms with Crippen LogP contribution in [-0.2, 0) is 14.3 Å². The molecule has 1 saturated carbocycles. The summed E-state index contributed by atoms with van der Waals surface area (Å²) in [5.41, 5.74) is 0. The van der Waals surface area contributed by atoms with E-state index in [0.717, 1.165) is 6.42 Å². The third kappa shape index (κ3) is 1.59. The number of aliphatic carboxylic acids is 2. The Balaban J connectivity index is 2.03. The Bertz CT molecular complexity index is 260. The second-order valence-electron chi connectivity index (χ2n) is 3.94. The Hall–Kier alpha value is -1.10. The number of fused-ring (bicyclic) bond motifs is 1. The first-order valence-electron chi connectivity index (χ1n) is 4.70. The van der Waals surface area contributed by atoms with Crippen molar-refractivity contribution < 1.29 is 24.5 Å². The van der Waals surface area contributed by atoms with E-state index in [2.05, 4.69) is 0 Å². The van der Waals surface area contributed by atoms with E-state index >= 15 is 0 Å². The van der Waals surface area contributed by atoms with Crippen LogP contribution < -0.4 is 0 Å². The molecule has 3 unspecified atom stereocenters. The molecule has 0 aromatic carbocycles. The van der Waals surface area contributed by atoms with Crippen molar-refractivity contribution in [2.75, 3.05) is 0 Å². The van der Waals surface area contributed by atoms with Crippen molar-refractivity contribution in [3.05, 3.63) is 0 Å². The molecule has 0 aromatic heterocycles. The fraction of sp³-hybridized carbons (Fsp3) is 0.778. The predicted octanol–water partition coefficient (Wildman–Crippen LogP) is 0.339. The average molecular weight is 200 g/mol. The third-order valence-corrected chi connectivity index (χ3v) is 3.05. The number of hydrogen-bond acceptors (Lipinski definition) is 3. The highest BCUT2D eigenvalue weighted by atomic mass is 16.6. The second-order valence-corrected chi connectivity index (χ2v) is 3.94. The zero-order chi connectivity index (χ0) is 10.3. The molecule has 0 bridgehead atoms. The number of carboxylic acids is 2. The van der Waals surface area contributed by atoms with Gasteiger partial charge >= 0.3 is 11.9 Å². The maximum absolute atomic E-state index is 10.7. The summed E-state index contributed by atoms with van der Waals surface area (Å²) in [6.45, 7) is 0. The van der Waals surface area contributed by atoms with Crippen molar-refractivity contribution >= 4 is 11.9 Å². The van der Waals surface area contributed by atoms with Gasteiger partial charge < -0.3 is 14.9 Å². The van der Waals surface area contributed by atoms with Crippen LogP contribution in [0, 0.1) is 11.8 Å². The van der Waals surface area contributed by atoms with E-state index in [4.69, 9.17) is 14.9 Å². The van der Waals surface area contributed by atoms with Crippen LogP contribution in [0.15, 0.2) is 0 Å². The van der Waals surface area contributed by atoms with Crippen molar-refractivity contribution in [3.8, 4) is 0 Å². The van der Waals surface area contributed by atoms with Gasteiger partial charge in [-0.3, -0.25) is 9.59 Å². The van der Waals surface area contributed by atoms with E-state index in [-0.39, 0.29) is 18.1 Å². The predicted molar refractivity (Wildman–Crippen MR) is 44.8 cm³/mol. The van der Waals surface area contributed by atoms with Gasteiger partial charge in [-0.05, 0) is 25.2 Å². The van der Waals surface area contributed by atoms with Gasteiger partial charge in [-0.15, -0.1) is 0 Å². The molecule has 78 valence electrons. The highest BCUT2D eigenvalue weighted by Gasteiger charge is 2.48. The normalized spacial score (nSPS) is 35.1. The summed E-state index contributed by atoms with van der Waals surface area (Å²) in [5.74, 6) is -4.00. The average Bonchev–Trinajstić information content (AvgIpc) is 2.80. The van der Waals surface area contributed by atoms with E-state index in [1.165, 1.54) is 0 Å². The molecule has 3 atom stereocenters. The fourth-order valence-electron chi connectivity index (χ4n) is 2.25. The van der Waals surface area contributed by atoms with Crippen LogP contribution >= 0.6 is 0 Å². The fourth-order valence-corrected chi connectivity index (χ4v) is 2.25. The summed E-state index contributed by atoms with van der Waals surface area (Å²) in [5, 5.41) is 17.5. The quantitative estimate of drug-likeness (QED) is 0.506. The van der Waals surface area contributed by atoms with Crippen LogP contribution in [0.2, 0.25) is 0 Å². The highest BCUT2D eigenvalue weighted by molar-refractivity contribution is 5.93. The first-order chi connectivity index (χ1) is 6.59. The molecule has 1 saturated heterocycles. The summed E-state index contributed by atoms with van der Waals surface area (Å²) in [6.07, 6.45) is 2.41. The first kappa shape index (κ1) is 9.45. The Kier molecular flexibility index (Phi) is 2.19. The molecule has 5 heteroatoms. The van der Waals surface area contributed by atoms with E-state index in [1.54, 1.807) is 0 Å². The zero-order valence-corrected chi connectivity index (χ0v) is 7.55. The molecule has 1 aliphatic carbocycles. The molecule has 0 aromatic rings.